The highest BCUT2D eigenvalue weighted by molar-refractivity contribution is 5.99. The monoisotopic (exact) mass is 505 g/mol. The van der Waals surface area contributed by atoms with Gasteiger partial charge in [-0.2, -0.15) is 0 Å². The minimum Gasteiger partial charge on any atom is -0.393 e. The molecule has 8 heteroatoms. The number of anilines is 1. The molecule has 2 saturated heterocycles. The summed E-state index contributed by atoms with van der Waals surface area (Å²) in [5, 5.41) is 12.8. The number of hydrogen-bond donors (Lipinski definition) is 3. The Kier molecular flexibility index (Phi) is 6.92. The predicted octanol–water partition coefficient (Wildman–Crippen LogP) is 2.27. The smallest absolute Gasteiger partial charge is 0.255 e. The van der Waals surface area contributed by atoms with Gasteiger partial charge in [0.05, 0.1) is 24.9 Å². The number of nitrogens with zero attached hydrogens (tertiary/aromatic N) is 3. The van der Waals surface area contributed by atoms with Gasteiger partial charge in [-0.1, -0.05) is 24.3 Å². The second-order valence-corrected chi connectivity index (χ2v) is 11.5. The molecular weight excluding hydrogens is 466 g/mol. The first kappa shape index (κ1) is 24.8. The molecule has 2 aromatic rings. The molecule has 4 aliphatic rings. The number of carbonyl (C=O) groups excluding carboxylic acids is 1. The van der Waals surface area contributed by atoms with E-state index < -0.39 is 0 Å². The van der Waals surface area contributed by atoms with Crippen molar-refractivity contribution in [3.63, 3.8) is 0 Å². The number of aliphatic hydroxyl groups is 1. The van der Waals surface area contributed by atoms with Gasteiger partial charge in [-0.15, -0.1) is 0 Å². The molecule has 0 radical (unpaired) electrons. The van der Waals surface area contributed by atoms with E-state index in [4.69, 9.17) is 10.5 Å². The van der Waals surface area contributed by atoms with Crippen molar-refractivity contribution in [1.82, 2.24) is 20.1 Å². The number of piperidine rings is 1. The number of nitrogens with two attached hydrogens (primary N) is 1. The zero-order chi connectivity index (χ0) is 25.4. The van der Waals surface area contributed by atoms with Gasteiger partial charge >= 0.3 is 0 Å². The number of aliphatic hydroxyl groups excluding tert-OH is 1. The SMILES string of the molecule is Nc1ncc(-c2ccc([C@]34C[C@H]3CN(CCN3CCOCC3)C4)cc2)cc1C(=O)NC1CCC(O)CC1. The standard InChI is InChI=1S/C29H39N5O3/c30-27-26(28(36)32-24-5-7-25(35)8-6-24)15-21(17-31-27)20-1-3-22(4-2-20)29-16-23(29)18-34(19-29)10-9-33-11-13-37-14-12-33/h1-4,15,17,23-25,35H,5-14,16,18-19H2,(H2,30,31)(H,32,36)/t23-,24?,25?,29+/m0/s1. The number of morpholine rings is 1. The quantitative estimate of drug-likeness (QED) is 0.530. The van der Waals surface area contributed by atoms with Crippen LogP contribution >= 0.6 is 0 Å². The van der Waals surface area contributed by atoms with Crippen molar-refractivity contribution in [2.45, 2.75) is 49.7 Å². The lowest BCUT2D eigenvalue weighted by Crippen LogP contribution is -2.41. The van der Waals surface area contributed by atoms with Gasteiger partial charge in [0.15, 0.2) is 0 Å². The summed E-state index contributed by atoms with van der Waals surface area (Å²) in [5.41, 5.74) is 10.2. The fraction of sp³-hybridized carbons (Fsp3) is 0.586. The van der Waals surface area contributed by atoms with Crippen LogP contribution in [0.1, 0.15) is 48.0 Å². The van der Waals surface area contributed by atoms with Gasteiger partial charge in [0.1, 0.15) is 5.82 Å². The Morgan fingerprint density at radius 3 is 2.57 bits per heavy atom. The molecular formula is C29H39N5O3. The number of pyridine rings is 1. The van der Waals surface area contributed by atoms with E-state index in [0.717, 1.165) is 88.7 Å². The minimum absolute atomic E-state index is 0.0730. The van der Waals surface area contributed by atoms with Crippen molar-refractivity contribution >= 4 is 11.7 Å². The fourth-order valence-electron chi connectivity index (χ4n) is 6.60. The average Bonchev–Trinajstić information content (AvgIpc) is 3.50. The van der Waals surface area contributed by atoms with Crippen LogP contribution in [0.3, 0.4) is 0 Å². The van der Waals surface area contributed by atoms with Gasteiger partial charge < -0.3 is 25.8 Å². The van der Waals surface area contributed by atoms with E-state index in [9.17, 15) is 9.90 Å². The number of nitrogens with one attached hydrogen (secondary N) is 1. The lowest BCUT2D eigenvalue weighted by molar-refractivity contribution is 0.0338. The van der Waals surface area contributed by atoms with E-state index >= 15 is 0 Å². The van der Waals surface area contributed by atoms with Crippen molar-refractivity contribution < 1.29 is 14.6 Å². The molecule has 2 aliphatic carbocycles. The van der Waals surface area contributed by atoms with Crippen molar-refractivity contribution in [3.05, 3.63) is 47.7 Å². The second kappa shape index (κ2) is 10.3. The van der Waals surface area contributed by atoms with E-state index in [1.165, 1.54) is 18.5 Å². The van der Waals surface area contributed by atoms with Crippen molar-refractivity contribution in [2.24, 2.45) is 5.92 Å². The summed E-state index contributed by atoms with van der Waals surface area (Å²) in [6.07, 6.45) is 5.80. The van der Waals surface area contributed by atoms with Crippen LogP contribution in [0.4, 0.5) is 5.82 Å². The van der Waals surface area contributed by atoms with Crippen LogP contribution < -0.4 is 11.1 Å². The molecule has 4 fully saturated rings. The van der Waals surface area contributed by atoms with Gasteiger partial charge in [0.2, 0.25) is 0 Å². The molecule has 1 aromatic carbocycles. The number of nitrogen functional groups attached to an aromatic ring is 1. The Morgan fingerprint density at radius 1 is 1.08 bits per heavy atom. The topological polar surface area (TPSA) is 104 Å². The molecule has 3 heterocycles. The highest BCUT2D eigenvalue weighted by atomic mass is 16.5. The molecule has 2 aliphatic heterocycles. The molecule has 2 saturated carbocycles. The van der Waals surface area contributed by atoms with Crippen LogP contribution in [0, 0.1) is 5.92 Å². The number of likely N-dealkylation sites (tertiary alicyclic amines) is 1. The Hall–Kier alpha value is -2.52. The second-order valence-electron chi connectivity index (χ2n) is 11.5. The summed E-state index contributed by atoms with van der Waals surface area (Å²) >= 11 is 0. The number of aromatic nitrogens is 1. The molecule has 37 heavy (non-hydrogen) atoms. The van der Waals surface area contributed by atoms with Crippen LogP contribution in [-0.4, -0.2) is 90.4 Å². The summed E-state index contributed by atoms with van der Waals surface area (Å²) in [6, 6.07) is 10.8. The third-order valence-corrected chi connectivity index (χ3v) is 9.04. The van der Waals surface area contributed by atoms with Crippen LogP contribution in [0.5, 0.6) is 0 Å². The number of rotatable bonds is 7. The van der Waals surface area contributed by atoms with Crippen LogP contribution in [0.2, 0.25) is 0 Å². The van der Waals surface area contributed by atoms with E-state index in [1.54, 1.807) is 6.20 Å². The molecule has 0 unspecified atom stereocenters. The Morgan fingerprint density at radius 2 is 1.81 bits per heavy atom. The maximum atomic E-state index is 13.0. The highest BCUT2D eigenvalue weighted by Gasteiger charge is 2.60. The predicted molar refractivity (Wildman–Crippen MR) is 143 cm³/mol. The molecule has 198 valence electrons. The molecule has 2 atom stereocenters. The number of benzene rings is 1. The lowest BCUT2D eigenvalue weighted by atomic mass is 9.92. The fourth-order valence-corrected chi connectivity index (χ4v) is 6.60. The number of fused-ring (bicyclic) bond motifs is 1. The molecule has 8 nitrogen and oxygen atoms in total. The normalized spacial score (nSPS) is 30.1. The lowest BCUT2D eigenvalue weighted by Gasteiger charge is -2.29. The van der Waals surface area contributed by atoms with Crippen LogP contribution in [0.25, 0.3) is 11.1 Å². The molecule has 1 aromatic heterocycles. The first-order valence-corrected chi connectivity index (χ1v) is 13.9. The third kappa shape index (κ3) is 5.25. The molecule has 6 rings (SSSR count). The largest absolute Gasteiger partial charge is 0.393 e. The first-order chi connectivity index (χ1) is 18.0. The third-order valence-electron chi connectivity index (χ3n) is 9.04. The van der Waals surface area contributed by atoms with Crippen molar-refractivity contribution in [2.75, 3.05) is 58.2 Å². The van der Waals surface area contributed by atoms with Gasteiger partial charge in [-0.3, -0.25) is 9.69 Å². The number of carbonyl (C=O) groups is 1. The molecule has 1 amide bonds. The van der Waals surface area contributed by atoms with Crippen molar-refractivity contribution in [3.8, 4) is 11.1 Å². The zero-order valence-electron chi connectivity index (χ0n) is 21.6. The summed E-state index contributed by atoms with van der Waals surface area (Å²) in [4.78, 5) is 22.4. The number of amides is 1. The Labute approximate surface area is 219 Å². The zero-order valence-corrected chi connectivity index (χ0v) is 21.6. The minimum atomic E-state index is -0.251. The van der Waals surface area contributed by atoms with Gasteiger partial charge in [0.25, 0.3) is 5.91 Å². The van der Waals surface area contributed by atoms with E-state index in [1.807, 2.05) is 6.07 Å². The molecule has 4 N–H and O–H groups in total. The summed E-state index contributed by atoms with van der Waals surface area (Å²) < 4.78 is 5.48. The molecule has 0 spiro atoms. The van der Waals surface area contributed by atoms with E-state index in [-0.39, 0.29) is 23.9 Å². The Bertz CT molecular complexity index is 1110. The van der Waals surface area contributed by atoms with Crippen LogP contribution in [-0.2, 0) is 10.2 Å². The van der Waals surface area contributed by atoms with E-state index in [2.05, 4.69) is 44.4 Å². The van der Waals surface area contributed by atoms with Gasteiger partial charge in [-0.05, 0) is 55.2 Å². The van der Waals surface area contributed by atoms with Gasteiger partial charge in [-0.25, -0.2) is 4.98 Å². The maximum Gasteiger partial charge on any atom is 0.255 e. The number of ether oxygens (including phenoxy) is 1. The van der Waals surface area contributed by atoms with Crippen LogP contribution in [0.15, 0.2) is 36.5 Å². The van der Waals surface area contributed by atoms with Crippen molar-refractivity contribution in [1.29, 1.82) is 0 Å². The maximum absolute atomic E-state index is 13.0. The Balaban J connectivity index is 1.09. The summed E-state index contributed by atoms with van der Waals surface area (Å²) in [7, 11) is 0. The van der Waals surface area contributed by atoms with Gasteiger partial charge in [0, 0.05) is 62.5 Å². The summed E-state index contributed by atoms with van der Waals surface area (Å²) in [5.74, 6) is 0.821. The molecule has 0 bridgehead atoms. The van der Waals surface area contributed by atoms with E-state index in [0.29, 0.717) is 11.0 Å². The first-order valence-electron chi connectivity index (χ1n) is 13.9. The average molecular weight is 506 g/mol. The highest BCUT2D eigenvalue weighted by Crippen LogP contribution is 2.59. The number of hydrogen-bond acceptors (Lipinski definition) is 7. The summed E-state index contributed by atoms with van der Waals surface area (Å²) in [6.45, 7) is 8.45.